The first-order valence-electron chi connectivity index (χ1n) is 9.90. The summed E-state index contributed by atoms with van der Waals surface area (Å²) in [7, 11) is 1.34. The molecule has 174 valence electrons. The maximum absolute atomic E-state index is 13.9. The molecule has 0 bridgehead atoms. The highest BCUT2D eigenvalue weighted by Crippen LogP contribution is 2.38. The zero-order chi connectivity index (χ0) is 24.6. The maximum atomic E-state index is 13.9. The van der Waals surface area contributed by atoms with Crippen molar-refractivity contribution in [3.8, 4) is 22.8 Å². The van der Waals surface area contributed by atoms with Crippen LogP contribution in [-0.2, 0) is 0 Å². The molecule has 1 aromatic heterocycles. The lowest BCUT2D eigenvalue weighted by Gasteiger charge is -2.18. The fourth-order valence-corrected chi connectivity index (χ4v) is 3.60. The number of amides is 1. The number of pyridine rings is 1. The third kappa shape index (κ3) is 4.11. The number of halogens is 3. The number of ether oxygens (including phenoxy) is 1. The van der Waals surface area contributed by atoms with Gasteiger partial charge in [-0.05, 0) is 30.3 Å². The number of Topliss-reactive ketones (excluding diaryl/α,β-unsaturated/α-hetero) is 1. The zero-order valence-corrected chi connectivity index (χ0v) is 17.6. The van der Waals surface area contributed by atoms with Crippen molar-refractivity contribution in [1.82, 2.24) is 10.3 Å². The number of aliphatic hydroxyl groups is 1. The summed E-state index contributed by atoms with van der Waals surface area (Å²) in [5.74, 6) is -2.30. The number of carbonyl (C=O) groups excluding carboxylic acids is 2. The Bertz CT molecular complexity index is 1320. The first kappa shape index (κ1) is 23.0. The number of nitrogens with one attached hydrogen (secondary N) is 1. The molecule has 7 nitrogen and oxygen atoms in total. The molecule has 1 unspecified atom stereocenters. The summed E-state index contributed by atoms with van der Waals surface area (Å²) < 4.78 is 46.7. The lowest BCUT2D eigenvalue weighted by atomic mass is 9.93. The fourth-order valence-electron chi connectivity index (χ4n) is 3.60. The zero-order valence-electron chi connectivity index (χ0n) is 17.6. The molecule has 0 saturated heterocycles. The number of nitrogens with zero attached hydrogens (tertiary/aromatic N) is 1. The number of ketones is 1. The van der Waals surface area contributed by atoms with Gasteiger partial charge in [0.2, 0.25) is 0 Å². The second kappa shape index (κ2) is 8.64. The van der Waals surface area contributed by atoms with Crippen LogP contribution in [0.15, 0.2) is 71.9 Å². The van der Waals surface area contributed by atoms with Gasteiger partial charge in [0, 0.05) is 11.1 Å². The van der Waals surface area contributed by atoms with E-state index < -0.39 is 40.9 Å². The Kier molecular flexibility index (Phi) is 5.84. The number of methoxy groups -OCH3 is 1. The highest BCUT2D eigenvalue weighted by molar-refractivity contribution is 6.11. The Morgan fingerprint density at radius 3 is 2.44 bits per heavy atom. The smallest absolute Gasteiger partial charge is 0.431 e. The van der Waals surface area contributed by atoms with Gasteiger partial charge in [0.15, 0.2) is 17.3 Å². The van der Waals surface area contributed by atoms with Crippen LogP contribution in [0.25, 0.3) is 11.3 Å². The number of aromatic nitrogens is 1. The predicted octanol–water partition coefficient (Wildman–Crippen LogP) is 3.94. The number of aromatic hydroxyl groups is 1. The van der Waals surface area contributed by atoms with Crippen LogP contribution in [0, 0.1) is 0 Å². The van der Waals surface area contributed by atoms with Gasteiger partial charge in [0.05, 0.1) is 29.6 Å². The van der Waals surface area contributed by atoms with Crippen LogP contribution < -0.4 is 10.1 Å². The van der Waals surface area contributed by atoms with Crippen LogP contribution in [0.3, 0.4) is 0 Å². The van der Waals surface area contributed by atoms with Gasteiger partial charge < -0.3 is 20.3 Å². The number of benzene rings is 2. The van der Waals surface area contributed by atoms with Crippen molar-refractivity contribution in [3.05, 3.63) is 88.8 Å². The van der Waals surface area contributed by atoms with Crippen molar-refractivity contribution >= 4 is 11.7 Å². The van der Waals surface area contributed by atoms with E-state index in [4.69, 9.17) is 4.74 Å². The van der Waals surface area contributed by atoms with Gasteiger partial charge in [-0.1, -0.05) is 30.3 Å². The number of phenols is 1. The van der Waals surface area contributed by atoms with Gasteiger partial charge in [0.25, 0.3) is 5.91 Å². The Labute approximate surface area is 191 Å². The Balaban J connectivity index is 1.90. The molecular formula is C24H17F3N2O5. The largest absolute Gasteiger partial charge is 0.504 e. The molecule has 3 N–H and O–H groups in total. The molecule has 34 heavy (non-hydrogen) atoms. The molecule has 0 radical (unpaired) electrons. The van der Waals surface area contributed by atoms with Gasteiger partial charge in [-0.3, -0.25) is 9.59 Å². The van der Waals surface area contributed by atoms with Crippen molar-refractivity contribution in [2.75, 3.05) is 7.11 Å². The van der Waals surface area contributed by atoms with E-state index in [1.165, 1.54) is 61.7 Å². The summed E-state index contributed by atoms with van der Waals surface area (Å²) in [5.41, 5.74) is -2.96. The van der Waals surface area contributed by atoms with E-state index >= 15 is 0 Å². The monoisotopic (exact) mass is 470 g/mol. The molecule has 10 heteroatoms. The Hall–Kier alpha value is -4.18. The first-order chi connectivity index (χ1) is 16.1. The summed E-state index contributed by atoms with van der Waals surface area (Å²) in [6.45, 7) is 0. The normalized spacial score (nSPS) is 15.9. The quantitative estimate of drug-likeness (QED) is 0.499. The van der Waals surface area contributed by atoms with E-state index in [9.17, 15) is 33.0 Å². The van der Waals surface area contributed by atoms with Crippen molar-refractivity contribution < 1.29 is 37.7 Å². The number of alkyl halides is 3. The average molecular weight is 470 g/mol. The highest BCUT2D eigenvalue weighted by atomic mass is 19.4. The van der Waals surface area contributed by atoms with Crippen molar-refractivity contribution in [1.29, 1.82) is 0 Å². The van der Waals surface area contributed by atoms with Crippen LogP contribution in [-0.4, -0.2) is 40.2 Å². The standard InChI is InChI=1S/C24H17F3N2O5/c1-34-17-11-13(7-10-16(17)30)15-9-8-14-19(28-15)21(32)18(20(31)12-5-3-2-4-6-12)22(24(25,26)27)29-23(14)33/h2-11,21,30,32H,1H3,(H,29,33). The number of rotatable bonds is 4. The number of hydrogen-bond donors (Lipinski definition) is 3. The van der Waals surface area contributed by atoms with Crippen molar-refractivity contribution in [3.63, 3.8) is 0 Å². The number of allylic oxidation sites excluding steroid dienone is 1. The van der Waals surface area contributed by atoms with Crippen LogP contribution in [0.5, 0.6) is 11.5 Å². The molecule has 1 atom stereocenters. The minimum atomic E-state index is -5.13. The van der Waals surface area contributed by atoms with E-state index in [0.29, 0.717) is 5.56 Å². The third-order valence-electron chi connectivity index (χ3n) is 5.25. The molecule has 1 amide bonds. The van der Waals surface area contributed by atoms with Crippen LogP contribution in [0.4, 0.5) is 13.2 Å². The Morgan fingerprint density at radius 1 is 1.09 bits per heavy atom. The van der Waals surface area contributed by atoms with E-state index in [1.54, 1.807) is 11.4 Å². The SMILES string of the molecule is COc1cc(-c2ccc3c(n2)C(O)C(C(=O)c2ccccc2)=C(C(F)(F)F)NC3=O)ccc1O. The number of phenolic OH excluding ortho intramolecular Hbond substituents is 1. The van der Waals surface area contributed by atoms with Crippen LogP contribution in [0.2, 0.25) is 0 Å². The summed E-state index contributed by atoms with van der Waals surface area (Å²) in [5, 5.41) is 22.5. The molecule has 0 spiro atoms. The molecule has 1 aliphatic rings. The third-order valence-corrected chi connectivity index (χ3v) is 5.25. The highest BCUT2D eigenvalue weighted by Gasteiger charge is 2.45. The molecule has 2 heterocycles. The van der Waals surface area contributed by atoms with Gasteiger partial charge >= 0.3 is 6.18 Å². The lowest BCUT2D eigenvalue weighted by Crippen LogP contribution is -2.33. The number of fused-ring (bicyclic) bond motifs is 1. The summed E-state index contributed by atoms with van der Waals surface area (Å²) in [6.07, 6.45) is -7.29. The van der Waals surface area contributed by atoms with Crippen LogP contribution in [0.1, 0.15) is 32.5 Å². The molecule has 0 fully saturated rings. The molecule has 0 saturated carbocycles. The van der Waals surface area contributed by atoms with E-state index in [2.05, 4.69) is 4.98 Å². The molecular weight excluding hydrogens is 453 g/mol. The average Bonchev–Trinajstić information content (AvgIpc) is 2.93. The number of hydrogen-bond acceptors (Lipinski definition) is 6. The molecule has 0 aliphatic carbocycles. The first-order valence-corrected chi connectivity index (χ1v) is 9.90. The second-order valence-electron chi connectivity index (χ2n) is 7.35. The Morgan fingerprint density at radius 2 is 1.79 bits per heavy atom. The fraction of sp³-hybridized carbons (Fsp3) is 0.125. The van der Waals surface area contributed by atoms with E-state index in [1.807, 2.05) is 0 Å². The van der Waals surface area contributed by atoms with E-state index in [-0.39, 0.29) is 28.3 Å². The van der Waals surface area contributed by atoms with Gasteiger partial charge in [0.1, 0.15) is 11.8 Å². The van der Waals surface area contributed by atoms with Gasteiger partial charge in [-0.25, -0.2) is 4.98 Å². The van der Waals surface area contributed by atoms with Crippen LogP contribution >= 0.6 is 0 Å². The summed E-state index contributed by atoms with van der Waals surface area (Å²) in [6, 6.07) is 13.9. The predicted molar refractivity (Wildman–Crippen MR) is 114 cm³/mol. The maximum Gasteiger partial charge on any atom is 0.431 e. The van der Waals surface area contributed by atoms with Gasteiger partial charge in [-0.15, -0.1) is 0 Å². The van der Waals surface area contributed by atoms with Crippen molar-refractivity contribution in [2.45, 2.75) is 12.3 Å². The molecule has 4 rings (SSSR count). The minimum absolute atomic E-state index is 0.101. The lowest BCUT2D eigenvalue weighted by molar-refractivity contribution is -0.0973. The summed E-state index contributed by atoms with van der Waals surface area (Å²) in [4.78, 5) is 29.9. The molecule has 3 aromatic rings. The molecule has 2 aromatic carbocycles. The van der Waals surface area contributed by atoms with E-state index in [0.717, 1.165) is 0 Å². The van der Waals surface area contributed by atoms with Crippen molar-refractivity contribution in [2.24, 2.45) is 0 Å². The second-order valence-corrected chi connectivity index (χ2v) is 7.35. The molecule has 1 aliphatic heterocycles. The number of aliphatic hydroxyl groups excluding tert-OH is 1. The minimum Gasteiger partial charge on any atom is -0.504 e. The number of carbonyl (C=O) groups is 2. The summed E-state index contributed by atoms with van der Waals surface area (Å²) >= 11 is 0. The van der Waals surface area contributed by atoms with Gasteiger partial charge in [-0.2, -0.15) is 13.2 Å². The topological polar surface area (TPSA) is 109 Å².